The molecule has 4 unspecified atom stereocenters. The molecule has 0 aromatic carbocycles. The van der Waals surface area contributed by atoms with Gasteiger partial charge < -0.3 is 9.64 Å². The van der Waals surface area contributed by atoms with Gasteiger partial charge in [-0.05, 0) is 118 Å². The highest BCUT2D eigenvalue weighted by molar-refractivity contribution is 5.83. The lowest BCUT2D eigenvalue weighted by atomic mass is 9.31. The summed E-state index contributed by atoms with van der Waals surface area (Å²) >= 11 is 0. The zero-order valence-electron chi connectivity index (χ0n) is 19.2. The van der Waals surface area contributed by atoms with Crippen LogP contribution in [0.4, 0.5) is 0 Å². The van der Waals surface area contributed by atoms with Crippen molar-refractivity contribution in [1.82, 2.24) is 4.90 Å². The van der Waals surface area contributed by atoms with E-state index in [9.17, 15) is 9.59 Å². The predicted molar refractivity (Wildman–Crippen MR) is 114 cm³/mol. The van der Waals surface area contributed by atoms with E-state index < -0.39 is 0 Å². The Labute approximate surface area is 181 Å². The van der Waals surface area contributed by atoms with Gasteiger partial charge in [0, 0.05) is 13.6 Å². The molecule has 4 heteroatoms. The standard InChI is InChI=1S/C26H39NO3/c1-4-27(2)21(28)23-7-17-5-18(8-23)12-25(11-17,15-23)26-13-19-6-20(14-26)10-24(9-19,16-26)22(29)30-3/h17-20H,4-16H2,1-3H3. The highest BCUT2D eigenvalue weighted by Crippen LogP contribution is 2.78. The summed E-state index contributed by atoms with van der Waals surface area (Å²) in [7, 11) is 3.59. The summed E-state index contributed by atoms with van der Waals surface area (Å²) in [5, 5.41) is 0. The first-order valence-corrected chi connectivity index (χ1v) is 12.6. The number of esters is 1. The van der Waals surface area contributed by atoms with Crippen molar-refractivity contribution in [2.75, 3.05) is 20.7 Å². The average molecular weight is 414 g/mol. The Morgan fingerprint density at radius 3 is 1.67 bits per heavy atom. The number of carbonyl (C=O) groups excluding carboxylic acids is 2. The number of methoxy groups -OCH3 is 1. The van der Waals surface area contributed by atoms with E-state index in [4.69, 9.17) is 4.74 Å². The number of hydrogen-bond donors (Lipinski definition) is 0. The largest absolute Gasteiger partial charge is 0.469 e. The molecule has 0 aromatic rings. The second kappa shape index (κ2) is 6.04. The second-order valence-electron chi connectivity index (χ2n) is 12.9. The Balaban J connectivity index is 1.42. The van der Waals surface area contributed by atoms with Gasteiger partial charge in [0.05, 0.1) is 17.9 Å². The van der Waals surface area contributed by atoms with Crippen LogP contribution in [0.15, 0.2) is 0 Å². The average Bonchev–Trinajstić information content (AvgIpc) is 2.70. The van der Waals surface area contributed by atoms with Crippen molar-refractivity contribution in [3.05, 3.63) is 0 Å². The summed E-state index contributed by atoms with van der Waals surface area (Å²) in [5.41, 5.74) is 0.230. The molecular weight excluding hydrogens is 374 g/mol. The minimum Gasteiger partial charge on any atom is -0.469 e. The molecule has 0 spiro atoms. The first-order valence-electron chi connectivity index (χ1n) is 12.6. The highest BCUT2D eigenvalue weighted by atomic mass is 16.5. The van der Waals surface area contributed by atoms with E-state index in [2.05, 4.69) is 6.92 Å². The summed E-state index contributed by atoms with van der Waals surface area (Å²) in [4.78, 5) is 28.7. The smallest absolute Gasteiger partial charge is 0.311 e. The highest BCUT2D eigenvalue weighted by Gasteiger charge is 2.72. The van der Waals surface area contributed by atoms with Gasteiger partial charge in [0.25, 0.3) is 0 Å². The SMILES string of the molecule is CCN(C)C(=O)C12CC3CC(C1)CC(C14CC5CC(CC(C(=O)OC)(C5)C1)C4)(C3)C2. The quantitative estimate of drug-likeness (QED) is 0.621. The molecule has 4 atom stereocenters. The normalized spacial score (nSPS) is 52.5. The fourth-order valence-electron chi connectivity index (χ4n) is 11.0. The van der Waals surface area contributed by atoms with Gasteiger partial charge in [0.15, 0.2) is 0 Å². The molecule has 8 aliphatic carbocycles. The van der Waals surface area contributed by atoms with Crippen LogP contribution in [-0.2, 0) is 14.3 Å². The molecule has 0 heterocycles. The van der Waals surface area contributed by atoms with E-state index in [1.165, 1.54) is 38.5 Å². The maximum atomic E-state index is 13.7. The lowest BCUT2D eigenvalue weighted by Crippen LogP contribution is -2.67. The molecule has 8 aliphatic rings. The Bertz CT molecular complexity index is 759. The van der Waals surface area contributed by atoms with Crippen molar-refractivity contribution in [3.63, 3.8) is 0 Å². The van der Waals surface area contributed by atoms with E-state index >= 15 is 0 Å². The van der Waals surface area contributed by atoms with Gasteiger partial charge in [-0.15, -0.1) is 0 Å². The molecule has 0 radical (unpaired) electrons. The van der Waals surface area contributed by atoms with E-state index in [1.54, 1.807) is 7.11 Å². The predicted octanol–water partition coefficient (Wildman–Crippen LogP) is 4.81. The Kier molecular flexibility index (Phi) is 3.95. The molecule has 30 heavy (non-hydrogen) atoms. The van der Waals surface area contributed by atoms with Gasteiger partial charge in [-0.25, -0.2) is 0 Å². The molecule has 4 nitrogen and oxygen atoms in total. The van der Waals surface area contributed by atoms with Crippen LogP contribution < -0.4 is 0 Å². The Hall–Kier alpha value is -1.06. The molecular formula is C26H39NO3. The van der Waals surface area contributed by atoms with Crippen molar-refractivity contribution >= 4 is 11.9 Å². The molecule has 166 valence electrons. The van der Waals surface area contributed by atoms with Gasteiger partial charge in [0.1, 0.15) is 0 Å². The first-order chi connectivity index (χ1) is 14.3. The number of carbonyl (C=O) groups is 2. The molecule has 0 aliphatic heterocycles. The Morgan fingerprint density at radius 1 is 0.800 bits per heavy atom. The molecule has 0 N–H and O–H groups in total. The summed E-state index contributed by atoms with van der Waals surface area (Å²) in [6.45, 7) is 2.91. The number of hydrogen-bond acceptors (Lipinski definition) is 3. The minimum absolute atomic E-state index is 0.0715. The van der Waals surface area contributed by atoms with Crippen molar-refractivity contribution in [1.29, 1.82) is 0 Å². The van der Waals surface area contributed by atoms with Gasteiger partial charge in [0.2, 0.25) is 5.91 Å². The molecule has 1 amide bonds. The molecule has 8 saturated carbocycles. The van der Waals surface area contributed by atoms with Crippen LogP contribution in [0.2, 0.25) is 0 Å². The first kappa shape index (κ1) is 19.6. The topological polar surface area (TPSA) is 46.6 Å². The number of nitrogens with zero attached hydrogens (tertiary/aromatic N) is 1. The fraction of sp³-hybridized carbons (Fsp3) is 0.923. The maximum Gasteiger partial charge on any atom is 0.311 e. The number of rotatable bonds is 4. The van der Waals surface area contributed by atoms with Crippen LogP contribution in [-0.4, -0.2) is 37.5 Å². The molecule has 0 saturated heterocycles. The Morgan fingerprint density at radius 2 is 1.23 bits per heavy atom. The lowest BCUT2D eigenvalue weighted by Gasteiger charge is -2.73. The summed E-state index contributed by atoms with van der Waals surface area (Å²) < 4.78 is 5.40. The van der Waals surface area contributed by atoms with Gasteiger partial charge in [-0.2, -0.15) is 0 Å². The summed E-state index contributed by atoms with van der Waals surface area (Å²) in [5.74, 6) is 3.34. The van der Waals surface area contributed by atoms with E-state index in [0.29, 0.717) is 23.2 Å². The molecule has 8 fully saturated rings. The minimum atomic E-state index is -0.223. The molecule has 0 aromatic heterocycles. The monoisotopic (exact) mass is 413 g/mol. The maximum absolute atomic E-state index is 13.7. The fourth-order valence-corrected chi connectivity index (χ4v) is 11.0. The summed E-state index contributed by atoms with van der Waals surface area (Å²) in [6, 6.07) is 0. The van der Waals surface area contributed by atoms with Crippen LogP contribution in [0.25, 0.3) is 0 Å². The van der Waals surface area contributed by atoms with E-state index in [1.807, 2.05) is 11.9 Å². The zero-order chi connectivity index (χ0) is 20.9. The van der Waals surface area contributed by atoms with Gasteiger partial charge >= 0.3 is 5.97 Å². The third-order valence-electron chi connectivity index (χ3n) is 11.1. The van der Waals surface area contributed by atoms with Crippen LogP contribution in [0.5, 0.6) is 0 Å². The van der Waals surface area contributed by atoms with Crippen LogP contribution in [0, 0.1) is 45.3 Å². The van der Waals surface area contributed by atoms with E-state index in [-0.39, 0.29) is 22.2 Å². The van der Waals surface area contributed by atoms with Crippen molar-refractivity contribution < 1.29 is 14.3 Å². The van der Waals surface area contributed by atoms with Crippen molar-refractivity contribution in [3.8, 4) is 0 Å². The second-order valence-corrected chi connectivity index (χ2v) is 12.9. The van der Waals surface area contributed by atoms with E-state index in [0.717, 1.165) is 56.9 Å². The van der Waals surface area contributed by atoms with Crippen LogP contribution >= 0.6 is 0 Å². The molecule has 8 bridgehead atoms. The lowest BCUT2D eigenvalue weighted by molar-refractivity contribution is -0.241. The third kappa shape index (κ3) is 2.34. The zero-order valence-corrected chi connectivity index (χ0v) is 19.2. The third-order valence-corrected chi connectivity index (χ3v) is 11.1. The van der Waals surface area contributed by atoms with Crippen LogP contribution in [0.3, 0.4) is 0 Å². The number of ether oxygens (including phenoxy) is 1. The van der Waals surface area contributed by atoms with Gasteiger partial charge in [-0.3, -0.25) is 9.59 Å². The van der Waals surface area contributed by atoms with Gasteiger partial charge in [-0.1, -0.05) is 0 Å². The number of amides is 1. The van der Waals surface area contributed by atoms with Crippen molar-refractivity contribution in [2.24, 2.45) is 45.3 Å². The molecule has 8 rings (SSSR count). The van der Waals surface area contributed by atoms with Crippen molar-refractivity contribution in [2.45, 2.75) is 84.0 Å². The van der Waals surface area contributed by atoms with Crippen LogP contribution in [0.1, 0.15) is 84.0 Å². The summed E-state index contributed by atoms with van der Waals surface area (Å²) in [6.07, 6.45) is 14.5.